The lowest BCUT2D eigenvalue weighted by Crippen LogP contribution is -2.44. The quantitative estimate of drug-likeness (QED) is 0.384. The Balaban J connectivity index is 1.42. The molecule has 34 heavy (non-hydrogen) atoms. The summed E-state index contributed by atoms with van der Waals surface area (Å²) in [5.74, 6) is -2.63. The lowest BCUT2D eigenvalue weighted by molar-refractivity contribution is -0.235. The zero-order chi connectivity index (χ0) is 24.7. The van der Waals surface area contributed by atoms with Gasteiger partial charge in [-0.3, -0.25) is 9.59 Å². The summed E-state index contributed by atoms with van der Waals surface area (Å²) < 4.78 is 52.3. The monoisotopic (exact) mass is 486 g/mol. The van der Waals surface area contributed by atoms with Gasteiger partial charge in [0.1, 0.15) is 31.0 Å². The van der Waals surface area contributed by atoms with Crippen LogP contribution in [-0.4, -0.2) is 86.4 Å². The highest BCUT2D eigenvalue weighted by Gasteiger charge is 2.58. The van der Waals surface area contributed by atoms with Gasteiger partial charge in [0.05, 0.1) is 19.3 Å². The lowest BCUT2D eigenvalue weighted by atomic mass is 9.95. The molecule has 4 rings (SSSR count). The summed E-state index contributed by atoms with van der Waals surface area (Å²) in [6.45, 7) is 10.5. The van der Waals surface area contributed by atoms with Gasteiger partial charge in [0.2, 0.25) is 0 Å². The number of ether oxygens (including phenoxy) is 9. The maximum atomic E-state index is 11.4. The average Bonchev–Trinajstić information content (AvgIpc) is 3.34. The molecule has 4 aliphatic rings. The minimum absolute atomic E-state index is 0.0786. The molecule has 0 aromatic rings. The first-order valence-corrected chi connectivity index (χ1v) is 11.5. The molecule has 11 nitrogen and oxygen atoms in total. The molecule has 0 aliphatic carbocycles. The molecule has 11 heteroatoms. The van der Waals surface area contributed by atoms with Gasteiger partial charge in [0.25, 0.3) is 0 Å². The van der Waals surface area contributed by atoms with Crippen LogP contribution in [0.2, 0.25) is 0 Å². The first-order valence-electron chi connectivity index (χ1n) is 11.5. The van der Waals surface area contributed by atoms with Crippen LogP contribution in [0.5, 0.6) is 0 Å². The SMILES string of the molecule is CC(=O)OC[C@H]1O[C@@H](OC[C@@H]2[C@H]3OC(C)(C)O[C@H]3O[C@@H]2[C@H]2COC(C)(C)O2)C=C[C@@H]1OC(C)=O. The Hall–Kier alpha value is -1.60. The molecule has 0 amide bonds. The predicted molar refractivity (Wildman–Crippen MR) is 113 cm³/mol. The van der Waals surface area contributed by atoms with Crippen molar-refractivity contribution >= 4 is 11.9 Å². The summed E-state index contributed by atoms with van der Waals surface area (Å²) in [6, 6.07) is 0. The normalized spacial score (nSPS) is 40.2. The van der Waals surface area contributed by atoms with Crippen LogP contribution in [0, 0.1) is 5.92 Å². The van der Waals surface area contributed by atoms with Crippen molar-refractivity contribution in [2.24, 2.45) is 5.92 Å². The average molecular weight is 487 g/mol. The van der Waals surface area contributed by atoms with E-state index in [1.54, 1.807) is 12.2 Å². The number of carbonyl (C=O) groups is 2. The van der Waals surface area contributed by atoms with Crippen molar-refractivity contribution in [2.45, 2.75) is 96.2 Å². The summed E-state index contributed by atoms with van der Waals surface area (Å²) in [5.41, 5.74) is 0. The molecular weight excluding hydrogens is 452 g/mol. The summed E-state index contributed by atoms with van der Waals surface area (Å²) in [6.07, 6.45) is -0.397. The summed E-state index contributed by atoms with van der Waals surface area (Å²) in [4.78, 5) is 22.7. The fraction of sp³-hybridized carbons (Fsp3) is 0.826. The first kappa shape index (κ1) is 25.5. The van der Waals surface area contributed by atoms with Crippen LogP contribution in [-0.2, 0) is 52.2 Å². The Morgan fingerprint density at radius 2 is 1.68 bits per heavy atom. The van der Waals surface area contributed by atoms with E-state index in [2.05, 4.69) is 0 Å². The summed E-state index contributed by atoms with van der Waals surface area (Å²) >= 11 is 0. The first-order chi connectivity index (χ1) is 15.9. The molecule has 0 saturated carbocycles. The fourth-order valence-corrected chi connectivity index (χ4v) is 4.59. The molecule has 0 aromatic carbocycles. The molecule has 4 aliphatic heterocycles. The Bertz CT molecular complexity index is 794. The molecule has 192 valence electrons. The number of hydrogen-bond donors (Lipinski definition) is 0. The predicted octanol–water partition coefficient (Wildman–Crippen LogP) is 1.42. The standard InChI is InChI=1S/C23H34O11/c1-12(24)26-10-16-15(29-13(2)25)7-8-18(30-16)27-9-14-19(17-11-28-22(3,4)32-17)31-21-20(14)33-23(5,6)34-21/h7-8,14-21H,9-11H2,1-6H3/t14-,15-,16+,17+,18+,19-,20+,21+/m0/s1. The van der Waals surface area contributed by atoms with Crippen LogP contribution in [0.3, 0.4) is 0 Å². The minimum Gasteiger partial charge on any atom is -0.463 e. The smallest absolute Gasteiger partial charge is 0.303 e. The molecule has 0 bridgehead atoms. The van der Waals surface area contributed by atoms with Crippen molar-refractivity contribution in [3.63, 3.8) is 0 Å². The topological polar surface area (TPSA) is 117 Å². The lowest BCUT2D eigenvalue weighted by Gasteiger charge is -2.33. The minimum atomic E-state index is -0.779. The second kappa shape index (κ2) is 9.81. The van der Waals surface area contributed by atoms with Gasteiger partial charge in [-0.05, 0) is 39.8 Å². The van der Waals surface area contributed by atoms with E-state index in [0.717, 1.165) is 0 Å². The van der Waals surface area contributed by atoms with Crippen molar-refractivity contribution in [1.29, 1.82) is 0 Å². The van der Waals surface area contributed by atoms with Crippen LogP contribution in [0.1, 0.15) is 41.5 Å². The summed E-state index contributed by atoms with van der Waals surface area (Å²) in [7, 11) is 0. The van der Waals surface area contributed by atoms with E-state index in [0.29, 0.717) is 6.61 Å². The number of rotatable bonds is 7. The van der Waals surface area contributed by atoms with Crippen molar-refractivity contribution in [3.8, 4) is 0 Å². The van der Waals surface area contributed by atoms with Crippen molar-refractivity contribution in [3.05, 3.63) is 12.2 Å². The molecule has 3 fully saturated rings. The van der Waals surface area contributed by atoms with Crippen LogP contribution in [0.25, 0.3) is 0 Å². The second-order valence-corrected chi connectivity index (χ2v) is 9.74. The van der Waals surface area contributed by atoms with E-state index < -0.39 is 48.3 Å². The number of carbonyl (C=O) groups excluding carboxylic acids is 2. The highest BCUT2D eigenvalue weighted by Crippen LogP contribution is 2.44. The third kappa shape index (κ3) is 5.96. The molecule has 0 aromatic heterocycles. The van der Waals surface area contributed by atoms with Gasteiger partial charge in [-0.25, -0.2) is 0 Å². The number of hydrogen-bond acceptors (Lipinski definition) is 11. The third-order valence-electron chi connectivity index (χ3n) is 5.96. The molecule has 0 N–H and O–H groups in total. The Kier molecular flexibility index (Phi) is 7.35. The number of fused-ring (bicyclic) bond motifs is 1. The van der Waals surface area contributed by atoms with E-state index in [9.17, 15) is 9.59 Å². The number of esters is 2. The van der Waals surface area contributed by atoms with E-state index >= 15 is 0 Å². The van der Waals surface area contributed by atoms with Gasteiger partial charge in [-0.15, -0.1) is 0 Å². The second-order valence-electron chi connectivity index (χ2n) is 9.74. The zero-order valence-electron chi connectivity index (χ0n) is 20.4. The van der Waals surface area contributed by atoms with Crippen molar-refractivity contribution in [1.82, 2.24) is 0 Å². The van der Waals surface area contributed by atoms with Crippen molar-refractivity contribution < 1.29 is 52.2 Å². The van der Waals surface area contributed by atoms with Gasteiger partial charge < -0.3 is 42.6 Å². The highest BCUT2D eigenvalue weighted by molar-refractivity contribution is 5.66. The highest BCUT2D eigenvalue weighted by atomic mass is 16.8. The van der Waals surface area contributed by atoms with Gasteiger partial charge in [0, 0.05) is 19.8 Å². The van der Waals surface area contributed by atoms with Crippen molar-refractivity contribution in [2.75, 3.05) is 19.8 Å². The van der Waals surface area contributed by atoms with Crippen LogP contribution in [0.4, 0.5) is 0 Å². The molecule has 4 heterocycles. The Morgan fingerprint density at radius 1 is 0.912 bits per heavy atom. The maximum absolute atomic E-state index is 11.4. The molecule has 3 saturated heterocycles. The van der Waals surface area contributed by atoms with Crippen LogP contribution in [0.15, 0.2) is 12.2 Å². The van der Waals surface area contributed by atoms with Gasteiger partial charge >= 0.3 is 11.9 Å². The van der Waals surface area contributed by atoms with E-state index in [-0.39, 0.29) is 37.4 Å². The fourth-order valence-electron chi connectivity index (χ4n) is 4.59. The van der Waals surface area contributed by atoms with E-state index in [1.807, 2.05) is 27.7 Å². The Labute approximate surface area is 198 Å². The van der Waals surface area contributed by atoms with E-state index in [1.165, 1.54) is 13.8 Å². The molecule has 0 unspecified atom stereocenters. The molecule has 0 spiro atoms. The van der Waals surface area contributed by atoms with Crippen LogP contribution >= 0.6 is 0 Å². The largest absolute Gasteiger partial charge is 0.463 e. The van der Waals surface area contributed by atoms with Crippen LogP contribution < -0.4 is 0 Å². The maximum Gasteiger partial charge on any atom is 0.303 e. The van der Waals surface area contributed by atoms with Gasteiger partial charge in [-0.1, -0.05) is 0 Å². The van der Waals surface area contributed by atoms with Gasteiger partial charge in [-0.2, -0.15) is 0 Å². The molecule has 0 radical (unpaired) electrons. The molecule has 8 atom stereocenters. The van der Waals surface area contributed by atoms with E-state index in [4.69, 9.17) is 42.6 Å². The summed E-state index contributed by atoms with van der Waals surface area (Å²) in [5, 5.41) is 0. The Morgan fingerprint density at radius 3 is 2.32 bits per heavy atom. The third-order valence-corrected chi connectivity index (χ3v) is 5.96. The zero-order valence-corrected chi connectivity index (χ0v) is 20.4. The van der Waals surface area contributed by atoms with Gasteiger partial charge in [0.15, 0.2) is 24.2 Å². The molecular formula is C23H34O11.